The molecule has 0 amide bonds. The van der Waals surface area contributed by atoms with Crippen molar-refractivity contribution in [2.75, 3.05) is 0 Å². The van der Waals surface area contributed by atoms with E-state index in [0.29, 0.717) is 0 Å². The van der Waals surface area contributed by atoms with Gasteiger partial charge in [-0.05, 0) is 12.8 Å². The Hall–Kier alpha value is -0.420. The van der Waals surface area contributed by atoms with Crippen LogP contribution in [-0.4, -0.2) is 40.4 Å². The molecular formula is C12H18O4. The molecule has 1 saturated carbocycles. The Bertz CT molecular complexity index is 295. The van der Waals surface area contributed by atoms with Crippen LogP contribution in [0.1, 0.15) is 32.1 Å². The fourth-order valence-corrected chi connectivity index (χ4v) is 2.93. The molecule has 4 atom stereocenters. The first kappa shape index (κ1) is 10.7. The van der Waals surface area contributed by atoms with Crippen molar-refractivity contribution in [3.63, 3.8) is 0 Å². The normalized spacial score (nSPS) is 45.9. The van der Waals surface area contributed by atoms with Gasteiger partial charge in [0, 0.05) is 12.8 Å². The van der Waals surface area contributed by atoms with Gasteiger partial charge in [-0.15, -0.1) is 0 Å². The predicted molar refractivity (Wildman–Crippen MR) is 56.7 cm³/mol. The highest BCUT2D eigenvalue weighted by Crippen LogP contribution is 2.43. The van der Waals surface area contributed by atoms with Crippen molar-refractivity contribution >= 4 is 0 Å². The summed E-state index contributed by atoms with van der Waals surface area (Å²) in [4.78, 5) is 0. The van der Waals surface area contributed by atoms with Gasteiger partial charge in [0.05, 0.1) is 0 Å². The van der Waals surface area contributed by atoms with E-state index in [0.717, 1.165) is 25.7 Å². The topological polar surface area (TPSA) is 58.9 Å². The van der Waals surface area contributed by atoms with Crippen LogP contribution < -0.4 is 0 Å². The summed E-state index contributed by atoms with van der Waals surface area (Å²) in [6, 6.07) is 0. The quantitative estimate of drug-likeness (QED) is 0.598. The highest BCUT2D eigenvalue weighted by Gasteiger charge is 2.51. The standard InChI is InChI=1S/C12H18O4/c13-8-4-5-9-11(10(8)14)16-12(15-9)6-2-1-3-7-12/h4-5,8-11,13-14H,1-3,6-7H2/t8-,9+,10+,11+/m1/s1. The van der Waals surface area contributed by atoms with Crippen LogP contribution in [0.4, 0.5) is 0 Å². The van der Waals surface area contributed by atoms with E-state index in [4.69, 9.17) is 9.47 Å². The molecule has 1 aliphatic heterocycles. The molecule has 4 heteroatoms. The number of ether oxygens (including phenoxy) is 2. The Morgan fingerprint density at radius 1 is 1.00 bits per heavy atom. The molecular weight excluding hydrogens is 208 g/mol. The van der Waals surface area contributed by atoms with Gasteiger partial charge in [-0.1, -0.05) is 18.6 Å². The third-order valence-electron chi connectivity index (χ3n) is 3.83. The molecule has 2 aliphatic carbocycles. The van der Waals surface area contributed by atoms with Crippen molar-refractivity contribution in [1.29, 1.82) is 0 Å². The maximum Gasteiger partial charge on any atom is 0.169 e. The molecule has 90 valence electrons. The average Bonchev–Trinajstić information content (AvgIpc) is 2.64. The van der Waals surface area contributed by atoms with Gasteiger partial charge < -0.3 is 19.7 Å². The summed E-state index contributed by atoms with van der Waals surface area (Å²) in [5, 5.41) is 19.4. The molecule has 4 nitrogen and oxygen atoms in total. The minimum Gasteiger partial charge on any atom is -0.387 e. The van der Waals surface area contributed by atoms with E-state index in [2.05, 4.69) is 0 Å². The number of rotatable bonds is 0. The Balaban J connectivity index is 1.79. The molecule has 2 fully saturated rings. The SMILES string of the molecule is O[C@@H]1[C@H]2OC3(CCCCC3)O[C@H]2C=C[C@H]1O. The molecule has 0 aromatic heterocycles. The van der Waals surface area contributed by atoms with Crippen molar-refractivity contribution in [3.05, 3.63) is 12.2 Å². The van der Waals surface area contributed by atoms with E-state index in [-0.39, 0.29) is 6.10 Å². The number of hydrogen-bond donors (Lipinski definition) is 2. The summed E-state index contributed by atoms with van der Waals surface area (Å²) < 4.78 is 11.8. The zero-order valence-electron chi connectivity index (χ0n) is 9.21. The predicted octanol–water partition coefficient (Wildman–Crippen LogP) is 0.722. The second-order valence-electron chi connectivity index (χ2n) is 5.00. The van der Waals surface area contributed by atoms with Crippen LogP contribution in [0.3, 0.4) is 0 Å². The Morgan fingerprint density at radius 3 is 2.50 bits per heavy atom. The minimum absolute atomic E-state index is 0.198. The van der Waals surface area contributed by atoms with Gasteiger partial charge in [-0.25, -0.2) is 0 Å². The van der Waals surface area contributed by atoms with E-state index >= 15 is 0 Å². The maximum absolute atomic E-state index is 9.86. The van der Waals surface area contributed by atoms with Gasteiger partial charge in [0.1, 0.15) is 24.4 Å². The number of aliphatic hydroxyl groups excluding tert-OH is 2. The summed E-state index contributed by atoms with van der Waals surface area (Å²) in [6.07, 6.45) is 6.36. The summed E-state index contributed by atoms with van der Waals surface area (Å²) >= 11 is 0. The molecule has 16 heavy (non-hydrogen) atoms. The molecule has 0 aromatic carbocycles. The van der Waals surface area contributed by atoms with Crippen molar-refractivity contribution in [1.82, 2.24) is 0 Å². The van der Waals surface area contributed by atoms with Crippen LogP contribution in [0.2, 0.25) is 0 Å². The molecule has 3 aliphatic rings. The van der Waals surface area contributed by atoms with Gasteiger partial charge in [-0.2, -0.15) is 0 Å². The van der Waals surface area contributed by atoms with Gasteiger partial charge in [-0.3, -0.25) is 0 Å². The highest BCUT2D eigenvalue weighted by atomic mass is 16.8. The molecule has 3 rings (SSSR count). The zero-order chi connectivity index (χ0) is 11.2. The van der Waals surface area contributed by atoms with Crippen LogP contribution in [-0.2, 0) is 9.47 Å². The average molecular weight is 226 g/mol. The Labute approximate surface area is 94.9 Å². The van der Waals surface area contributed by atoms with Gasteiger partial charge in [0.25, 0.3) is 0 Å². The van der Waals surface area contributed by atoms with Gasteiger partial charge in [0.15, 0.2) is 5.79 Å². The molecule has 0 bridgehead atoms. The van der Waals surface area contributed by atoms with E-state index in [1.54, 1.807) is 6.08 Å². The largest absolute Gasteiger partial charge is 0.387 e. The molecule has 0 unspecified atom stereocenters. The third kappa shape index (κ3) is 1.61. The first-order chi connectivity index (χ1) is 7.70. The monoisotopic (exact) mass is 226 g/mol. The summed E-state index contributed by atoms with van der Waals surface area (Å²) in [5.41, 5.74) is 0. The van der Waals surface area contributed by atoms with Crippen LogP contribution >= 0.6 is 0 Å². The number of hydrogen-bond acceptors (Lipinski definition) is 4. The second kappa shape index (κ2) is 3.81. The van der Waals surface area contributed by atoms with Crippen LogP contribution in [0.25, 0.3) is 0 Å². The van der Waals surface area contributed by atoms with Crippen LogP contribution in [0.5, 0.6) is 0 Å². The Morgan fingerprint density at radius 2 is 1.75 bits per heavy atom. The minimum atomic E-state index is -0.865. The van der Waals surface area contributed by atoms with Crippen LogP contribution in [0.15, 0.2) is 12.2 Å². The van der Waals surface area contributed by atoms with Crippen LogP contribution in [0, 0.1) is 0 Å². The van der Waals surface area contributed by atoms with Gasteiger partial charge >= 0.3 is 0 Å². The van der Waals surface area contributed by atoms with E-state index in [1.165, 1.54) is 6.42 Å². The fraction of sp³-hybridized carbons (Fsp3) is 0.833. The maximum atomic E-state index is 9.86. The molecule has 1 heterocycles. The lowest BCUT2D eigenvalue weighted by atomic mass is 9.94. The van der Waals surface area contributed by atoms with Gasteiger partial charge in [0.2, 0.25) is 0 Å². The molecule has 2 N–H and O–H groups in total. The molecule has 1 saturated heterocycles. The van der Waals surface area contributed by atoms with Crippen molar-refractivity contribution in [2.45, 2.75) is 62.3 Å². The number of aliphatic hydroxyl groups is 2. The lowest BCUT2D eigenvalue weighted by Gasteiger charge is -2.32. The van der Waals surface area contributed by atoms with Crippen molar-refractivity contribution in [2.24, 2.45) is 0 Å². The number of fused-ring (bicyclic) bond motifs is 1. The van der Waals surface area contributed by atoms with E-state index in [1.807, 2.05) is 6.08 Å². The first-order valence-corrected chi connectivity index (χ1v) is 6.10. The lowest BCUT2D eigenvalue weighted by Crippen LogP contribution is -2.45. The molecule has 0 radical (unpaired) electrons. The van der Waals surface area contributed by atoms with Crippen molar-refractivity contribution in [3.8, 4) is 0 Å². The Kier molecular flexibility index (Phi) is 2.55. The summed E-state index contributed by atoms with van der Waals surface area (Å²) in [7, 11) is 0. The fourth-order valence-electron chi connectivity index (χ4n) is 2.93. The second-order valence-corrected chi connectivity index (χ2v) is 5.00. The molecule has 0 aromatic rings. The highest BCUT2D eigenvalue weighted by molar-refractivity contribution is 5.12. The summed E-state index contributed by atoms with van der Waals surface area (Å²) in [5.74, 6) is -0.497. The lowest BCUT2D eigenvalue weighted by molar-refractivity contribution is -0.200. The van der Waals surface area contributed by atoms with Crippen molar-refractivity contribution < 1.29 is 19.7 Å². The smallest absolute Gasteiger partial charge is 0.169 e. The summed E-state index contributed by atoms with van der Waals surface area (Å²) in [6.45, 7) is 0. The molecule has 1 spiro atoms. The zero-order valence-corrected chi connectivity index (χ0v) is 9.21. The van der Waals surface area contributed by atoms with E-state index in [9.17, 15) is 10.2 Å². The first-order valence-electron chi connectivity index (χ1n) is 6.10. The van der Waals surface area contributed by atoms with E-state index < -0.39 is 24.1 Å². The third-order valence-corrected chi connectivity index (χ3v) is 3.83.